The highest BCUT2D eigenvalue weighted by Crippen LogP contribution is 2.46. The fraction of sp³-hybridized carbons (Fsp3) is 0.182. The molecule has 0 unspecified atom stereocenters. The summed E-state index contributed by atoms with van der Waals surface area (Å²) in [6.07, 6.45) is 0. The van der Waals surface area contributed by atoms with Gasteiger partial charge in [0.1, 0.15) is 10.7 Å². The van der Waals surface area contributed by atoms with Gasteiger partial charge < -0.3 is 10.5 Å². The SMILES string of the molecule is COC(=O)C1=C(N)N(c2cccc(C)c2)SS1. The Morgan fingerprint density at radius 2 is 2.24 bits per heavy atom. The monoisotopic (exact) mass is 268 g/mol. The molecule has 0 amide bonds. The zero-order valence-corrected chi connectivity index (χ0v) is 11.1. The fourth-order valence-electron chi connectivity index (χ4n) is 1.42. The van der Waals surface area contributed by atoms with Gasteiger partial charge in [-0.25, -0.2) is 4.79 Å². The van der Waals surface area contributed by atoms with Crippen LogP contribution in [0.2, 0.25) is 0 Å². The summed E-state index contributed by atoms with van der Waals surface area (Å²) in [5, 5.41) is 0. The minimum absolute atomic E-state index is 0.393. The third-order valence-electron chi connectivity index (χ3n) is 2.25. The van der Waals surface area contributed by atoms with E-state index in [-0.39, 0.29) is 0 Å². The normalized spacial score (nSPS) is 15.3. The van der Waals surface area contributed by atoms with Crippen molar-refractivity contribution in [1.82, 2.24) is 0 Å². The van der Waals surface area contributed by atoms with Gasteiger partial charge in [0.05, 0.1) is 12.8 Å². The van der Waals surface area contributed by atoms with Gasteiger partial charge in [-0.1, -0.05) is 12.1 Å². The number of rotatable bonds is 2. The molecule has 1 aromatic carbocycles. The van der Waals surface area contributed by atoms with Crippen molar-refractivity contribution in [3.63, 3.8) is 0 Å². The number of nitrogens with two attached hydrogens (primary N) is 1. The molecule has 1 aromatic rings. The van der Waals surface area contributed by atoms with Gasteiger partial charge in [-0.15, -0.1) is 0 Å². The van der Waals surface area contributed by atoms with Gasteiger partial charge >= 0.3 is 5.97 Å². The van der Waals surface area contributed by atoms with Gasteiger partial charge in [0, 0.05) is 11.0 Å². The lowest BCUT2D eigenvalue weighted by molar-refractivity contribution is -0.135. The van der Waals surface area contributed by atoms with Crippen LogP contribution in [0.15, 0.2) is 35.0 Å². The second-order valence-corrected chi connectivity index (χ2v) is 5.53. The standard InChI is InChI=1S/C11H12N2O2S2/c1-7-4-3-5-8(6-7)13-10(12)9(16-17-13)11(14)15-2/h3-6H,12H2,1-2H3. The predicted octanol–water partition coefficient (Wildman–Crippen LogP) is 2.41. The van der Waals surface area contributed by atoms with Gasteiger partial charge in [0.15, 0.2) is 0 Å². The number of ether oxygens (including phenoxy) is 1. The van der Waals surface area contributed by atoms with E-state index in [1.807, 2.05) is 35.5 Å². The van der Waals surface area contributed by atoms with E-state index in [9.17, 15) is 4.79 Å². The molecule has 0 saturated carbocycles. The Morgan fingerprint density at radius 1 is 1.47 bits per heavy atom. The molecule has 90 valence electrons. The summed E-state index contributed by atoms with van der Waals surface area (Å²) in [4.78, 5) is 11.9. The van der Waals surface area contributed by atoms with Crippen LogP contribution in [0.4, 0.5) is 5.69 Å². The molecule has 0 bridgehead atoms. The number of anilines is 1. The first-order valence-electron chi connectivity index (χ1n) is 4.93. The van der Waals surface area contributed by atoms with E-state index >= 15 is 0 Å². The summed E-state index contributed by atoms with van der Waals surface area (Å²) < 4.78 is 6.50. The van der Waals surface area contributed by atoms with E-state index in [4.69, 9.17) is 5.73 Å². The van der Waals surface area contributed by atoms with Crippen LogP contribution >= 0.6 is 21.8 Å². The summed E-state index contributed by atoms with van der Waals surface area (Å²) >= 11 is 0. The summed E-state index contributed by atoms with van der Waals surface area (Å²) in [6, 6.07) is 7.94. The van der Waals surface area contributed by atoms with Crippen LogP contribution < -0.4 is 10.0 Å². The van der Waals surface area contributed by atoms with Gasteiger partial charge in [-0.3, -0.25) is 4.31 Å². The molecule has 1 heterocycles. The molecule has 0 fully saturated rings. The lowest BCUT2D eigenvalue weighted by Crippen LogP contribution is -2.19. The number of methoxy groups -OCH3 is 1. The number of carbonyl (C=O) groups is 1. The average Bonchev–Trinajstić information content (AvgIpc) is 2.70. The molecule has 1 aliphatic rings. The van der Waals surface area contributed by atoms with Crippen molar-refractivity contribution in [2.24, 2.45) is 5.73 Å². The molecule has 2 rings (SSSR count). The maximum atomic E-state index is 11.4. The largest absolute Gasteiger partial charge is 0.465 e. The number of hydrogen-bond donors (Lipinski definition) is 1. The van der Waals surface area contributed by atoms with Crippen LogP contribution in [0, 0.1) is 6.92 Å². The predicted molar refractivity (Wildman–Crippen MR) is 72.1 cm³/mol. The topological polar surface area (TPSA) is 55.6 Å². The van der Waals surface area contributed by atoms with Crippen LogP contribution in [0.5, 0.6) is 0 Å². The van der Waals surface area contributed by atoms with Crippen molar-refractivity contribution in [2.45, 2.75) is 6.92 Å². The zero-order valence-electron chi connectivity index (χ0n) is 9.47. The van der Waals surface area contributed by atoms with Crippen LogP contribution in [0.1, 0.15) is 5.56 Å². The third-order valence-corrected chi connectivity index (χ3v) is 4.60. The van der Waals surface area contributed by atoms with Gasteiger partial charge in [0.2, 0.25) is 0 Å². The van der Waals surface area contributed by atoms with E-state index in [1.54, 1.807) is 0 Å². The van der Waals surface area contributed by atoms with Crippen molar-refractivity contribution >= 4 is 33.4 Å². The first kappa shape index (κ1) is 12.2. The minimum Gasteiger partial charge on any atom is -0.465 e. The molecule has 2 N–H and O–H groups in total. The highest BCUT2D eigenvalue weighted by molar-refractivity contribution is 8.79. The number of nitrogens with zero attached hydrogens (tertiary/aromatic N) is 1. The quantitative estimate of drug-likeness (QED) is 0.505. The van der Waals surface area contributed by atoms with Crippen molar-refractivity contribution in [3.05, 3.63) is 40.6 Å². The molecule has 0 spiro atoms. The van der Waals surface area contributed by atoms with Gasteiger partial charge in [-0.2, -0.15) is 0 Å². The molecule has 4 nitrogen and oxygen atoms in total. The van der Waals surface area contributed by atoms with E-state index in [2.05, 4.69) is 4.74 Å². The van der Waals surface area contributed by atoms with Crippen LogP contribution in [0.25, 0.3) is 0 Å². The van der Waals surface area contributed by atoms with E-state index in [1.165, 1.54) is 28.9 Å². The Kier molecular flexibility index (Phi) is 3.54. The van der Waals surface area contributed by atoms with E-state index in [0.717, 1.165) is 11.3 Å². The van der Waals surface area contributed by atoms with Gasteiger partial charge in [-0.05, 0) is 35.4 Å². The van der Waals surface area contributed by atoms with Crippen molar-refractivity contribution in [3.8, 4) is 0 Å². The molecule has 17 heavy (non-hydrogen) atoms. The lowest BCUT2D eigenvalue weighted by Gasteiger charge is -2.16. The summed E-state index contributed by atoms with van der Waals surface area (Å²) in [6.45, 7) is 2.01. The maximum absolute atomic E-state index is 11.4. The van der Waals surface area contributed by atoms with Crippen molar-refractivity contribution < 1.29 is 9.53 Å². The molecule has 0 aromatic heterocycles. The highest BCUT2D eigenvalue weighted by Gasteiger charge is 2.29. The van der Waals surface area contributed by atoms with Crippen LogP contribution in [0.3, 0.4) is 0 Å². The second kappa shape index (κ2) is 4.93. The van der Waals surface area contributed by atoms with E-state index < -0.39 is 5.97 Å². The third kappa shape index (κ3) is 2.37. The summed E-state index contributed by atoms with van der Waals surface area (Å²) in [7, 11) is 4.08. The molecule has 1 aliphatic heterocycles. The number of benzene rings is 1. The number of esters is 1. The van der Waals surface area contributed by atoms with Gasteiger partial charge in [0.25, 0.3) is 0 Å². The zero-order chi connectivity index (χ0) is 12.4. The molecule has 0 radical (unpaired) electrons. The average molecular weight is 268 g/mol. The first-order chi connectivity index (χ1) is 8.13. The molecule has 0 aliphatic carbocycles. The second-order valence-electron chi connectivity index (χ2n) is 3.50. The highest BCUT2D eigenvalue weighted by atomic mass is 33.1. The van der Waals surface area contributed by atoms with Crippen molar-refractivity contribution in [1.29, 1.82) is 0 Å². The Labute approximate surface area is 108 Å². The molecular formula is C11H12N2O2S2. The summed E-state index contributed by atoms with van der Waals surface area (Å²) in [5.41, 5.74) is 8.05. The lowest BCUT2D eigenvalue weighted by atomic mass is 10.2. The van der Waals surface area contributed by atoms with E-state index in [0.29, 0.717) is 10.7 Å². The van der Waals surface area contributed by atoms with Crippen LogP contribution in [-0.2, 0) is 9.53 Å². The Hall–Kier alpha value is -1.27. The molecule has 6 heteroatoms. The number of hydrogen-bond acceptors (Lipinski definition) is 6. The number of carbonyl (C=O) groups excluding carboxylic acids is 1. The summed E-state index contributed by atoms with van der Waals surface area (Å²) in [5.74, 6) is 0.0348. The van der Waals surface area contributed by atoms with Crippen molar-refractivity contribution in [2.75, 3.05) is 11.4 Å². The Bertz CT molecular complexity index is 488. The molecule has 0 atom stereocenters. The minimum atomic E-state index is -0.393. The van der Waals surface area contributed by atoms with Crippen LogP contribution in [-0.4, -0.2) is 13.1 Å². The maximum Gasteiger partial charge on any atom is 0.349 e. The smallest absolute Gasteiger partial charge is 0.349 e. The molecule has 0 saturated heterocycles. The first-order valence-corrected chi connectivity index (χ1v) is 7.03. The fourth-order valence-corrected chi connectivity index (χ4v) is 3.73. The Balaban J connectivity index is 2.31. The molecular weight excluding hydrogens is 256 g/mol. The Morgan fingerprint density at radius 3 is 2.88 bits per heavy atom. The number of aryl methyl sites for hydroxylation is 1.